The quantitative estimate of drug-likeness (QED) is 0.325. The lowest BCUT2D eigenvalue weighted by atomic mass is 10.1. The summed E-state index contributed by atoms with van der Waals surface area (Å²) in [5, 5.41) is 16.1. The average Bonchev–Trinajstić information content (AvgIpc) is 2.70. The van der Waals surface area contributed by atoms with E-state index < -0.39 is 6.10 Å². The summed E-state index contributed by atoms with van der Waals surface area (Å²) in [5.41, 5.74) is 2.81. The lowest BCUT2D eigenvalue weighted by molar-refractivity contribution is -0.111. The van der Waals surface area contributed by atoms with E-state index in [1.54, 1.807) is 43.5 Å². The first-order chi connectivity index (χ1) is 13.9. The molecule has 0 aliphatic carbocycles. The molecule has 1 unspecified atom stereocenters. The number of amides is 1. The summed E-state index contributed by atoms with van der Waals surface area (Å²) >= 11 is 0. The van der Waals surface area contributed by atoms with E-state index >= 15 is 0 Å². The molecular weight excluding hydrogens is 368 g/mol. The van der Waals surface area contributed by atoms with Crippen LogP contribution in [-0.2, 0) is 4.79 Å². The summed E-state index contributed by atoms with van der Waals surface area (Å²) in [6.07, 6.45) is 1.14. The fourth-order valence-corrected chi connectivity index (χ4v) is 2.74. The summed E-state index contributed by atoms with van der Waals surface area (Å²) in [7, 11) is 1.59. The maximum atomic E-state index is 12.4. The summed E-state index contributed by atoms with van der Waals surface area (Å²) in [6.45, 7) is 4.48. The van der Waals surface area contributed by atoms with Crippen LogP contribution in [0.5, 0.6) is 5.75 Å². The van der Waals surface area contributed by atoms with Crippen LogP contribution in [0.4, 0.5) is 5.69 Å². The van der Waals surface area contributed by atoms with Gasteiger partial charge in [-0.2, -0.15) is 0 Å². The Labute approximate surface area is 171 Å². The molecule has 0 aliphatic heterocycles. The van der Waals surface area contributed by atoms with Gasteiger partial charge < -0.3 is 20.5 Å². The number of methoxy groups -OCH3 is 1. The highest BCUT2D eigenvalue weighted by Crippen LogP contribution is 2.17. The molecule has 0 aliphatic rings. The van der Waals surface area contributed by atoms with Gasteiger partial charge in [-0.3, -0.25) is 9.59 Å². The molecule has 0 bridgehead atoms. The molecule has 0 aromatic heterocycles. The number of nitrogens with one attached hydrogen (secondary N) is 2. The molecule has 29 heavy (non-hydrogen) atoms. The van der Waals surface area contributed by atoms with Crippen molar-refractivity contribution in [1.82, 2.24) is 5.32 Å². The summed E-state index contributed by atoms with van der Waals surface area (Å²) < 4.78 is 5.10. The minimum Gasteiger partial charge on any atom is -0.497 e. The third-order valence-corrected chi connectivity index (χ3v) is 4.24. The van der Waals surface area contributed by atoms with Crippen molar-refractivity contribution >= 4 is 17.4 Å². The van der Waals surface area contributed by atoms with Crippen molar-refractivity contribution in [2.75, 3.05) is 25.5 Å². The predicted octanol–water partition coefficient (Wildman–Crippen LogP) is 3.50. The third-order valence-electron chi connectivity index (χ3n) is 4.24. The van der Waals surface area contributed by atoms with Crippen LogP contribution in [0.25, 0.3) is 0 Å². The molecule has 2 aromatic carbocycles. The highest BCUT2D eigenvalue weighted by Gasteiger charge is 2.10. The van der Waals surface area contributed by atoms with E-state index in [9.17, 15) is 14.7 Å². The zero-order valence-electron chi connectivity index (χ0n) is 17.1. The van der Waals surface area contributed by atoms with E-state index in [0.29, 0.717) is 30.8 Å². The predicted molar refractivity (Wildman–Crippen MR) is 114 cm³/mol. The standard InChI is InChI=1S/C23H28N2O4/c1-16(2)13-23(28)25-19-6-4-5-18(14-19)21(26)11-12-24-15-22(27)17-7-9-20(29-3)10-8-17/h4-10,13-14,22,24,27H,11-12,15H2,1-3H3,(H,25,28). The van der Waals surface area contributed by atoms with Crippen LogP contribution in [-0.4, -0.2) is 37.0 Å². The van der Waals surface area contributed by atoms with E-state index in [1.807, 2.05) is 26.0 Å². The SMILES string of the molecule is COc1ccc(C(O)CNCCC(=O)c2cccc(NC(=O)C=C(C)C)c2)cc1. The number of hydrogen-bond donors (Lipinski definition) is 3. The van der Waals surface area contributed by atoms with Gasteiger partial charge in [0.15, 0.2) is 5.78 Å². The molecule has 2 rings (SSSR count). The van der Waals surface area contributed by atoms with Gasteiger partial charge in [-0.25, -0.2) is 0 Å². The molecule has 1 atom stereocenters. The molecular formula is C23H28N2O4. The Morgan fingerprint density at radius 3 is 2.52 bits per heavy atom. The van der Waals surface area contributed by atoms with E-state index in [2.05, 4.69) is 10.6 Å². The second-order valence-electron chi connectivity index (χ2n) is 6.96. The fraction of sp³-hybridized carbons (Fsp3) is 0.304. The van der Waals surface area contributed by atoms with Crippen LogP contribution in [0.15, 0.2) is 60.2 Å². The normalized spacial score (nSPS) is 11.4. The van der Waals surface area contributed by atoms with Crippen molar-refractivity contribution in [3.05, 3.63) is 71.3 Å². The second-order valence-corrected chi connectivity index (χ2v) is 6.96. The van der Waals surface area contributed by atoms with Crippen LogP contribution in [0, 0.1) is 0 Å². The minimum absolute atomic E-state index is 0.0326. The molecule has 6 nitrogen and oxygen atoms in total. The number of ether oxygens (including phenoxy) is 1. The van der Waals surface area contributed by atoms with Crippen LogP contribution < -0.4 is 15.4 Å². The Kier molecular flexibility index (Phi) is 8.58. The fourth-order valence-electron chi connectivity index (χ4n) is 2.74. The number of rotatable bonds is 10. The maximum Gasteiger partial charge on any atom is 0.248 e. The molecule has 0 fully saturated rings. The smallest absolute Gasteiger partial charge is 0.248 e. The van der Waals surface area contributed by atoms with Gasteiger partial charge in [-0.1, -0.05) is 29.8 Å². The van der Waals surface area contributed by atoms with Crippen molar-refractivity contribution in [2.45, 2.75) is 26.4 Å². The third kappa shape index (κ3) is 7.52. The van der Waals surface area contributed by atoms with Crippen molar-refractivity contribution in [1.29, 1.82) is 0 Å². The Morgan fingerprint density at radius 1 is 1.14 bits per heavy atom. The highest BCUT2D eigenvalue weighted by atomic mass is 16.5. The summed E-state index contributed by atoms with van der Waals surface area (Å²) in [4.78, 5) is 24.2. The summed E-state index contributed by atoms with van der Waals surface area (Å²) in [5.74, 6) is 0.484. The first-order valence-corrected chi connectivity index (χ1v) is 9.51. The number of aliphatic hydroxyl groups is 1. The van der Waals surface area contributed by atoms with Gasteiger partial charge >= 0.3 is 0 Å². The van der Waals surface area contributed by atoms with Crippen LogP contribution in [0.1, 0.15) is 42.3 Å². The molecule has 0 radical (unpaired) electrons. The van der Waals surface area contributed by atoms with Gasteiger partial charge in [0.05, 0.1) is 13.2 Å². The molecule has 6 heteroatoms. The lowest BCUT2D eigenvalue weighted by Crippen LogP contribution is -2.24. The molecule has 0 spiro atoms. The van der Waals surface area contributed by atoms with Gasteiger partial charge in [0, 0.05) is 36.8 Å². The number of benzene rings is 2. The van der Waals surface area contributed by atoms with Crippen LogP contribution in [0.3, 0.4) is 0 Å². The largest absolute Gasteiger partial charge is 0.497 e. The number of ketones is 1. The zero-order valence-corrected chi connectivity index (χ0v) is 17.1. The van der Waals surface area contributed by atoms with E-state index in [-0.39, 0.29) is 11.7 Å². The lowest BCUT2D eigenvalue weighted by Gasteiger charge is -2.12. The highest BCUT2D eigenvalue weighted by molar-refractivity contribution is 6.01. The van der Waals surface area contributed by atoms with Crippen molar-refractivity contribution in [2.24, 2.45) is 0 Å². The number of carbonyl (C=O) groups excluding carboxylic acids is 2. The van der Waals surface area contributed by atoms with Gasteiger partial charge in [0.25, 0.3) is 0 Å². The number of allylic oxidation sites excluding steroid dienone is 1. The summed E-state index contributed by atoms with van der Waals surface area (Å²) in [6, 6.07) is 14.1. The first kappa shape index (κ1) is 22.3. The Hall–Kier alpha value is -2.96. The average molecular weight is 396 g/mol. The molecule has 0 heterocycles. The molecule has 0 saturated heterocycles. The van der Waals surface area contributed by atoms with Crippen molar-refractivity contribution < 1.29 is 19.4 Å². The zero-order chi connectivity index (χ0) is 21.2. The van der Waals surface area contributed by atoms with Gasteiger partial charge in [-0.05, 0) is 43.7 Å². The van der Waals surface area contributed by atoms with Crippen LogP contribution in [0.2, 0.25) is 0 Å². The second kappa shape index (κ2) is 11.1. The minimum atomic E-state index is -0.662. The number of Topliss-reactive ketones (excluding diaryl/α,β-unsaturated/α-hetero) is 1. The Bertz CT molecular complexity index is 855. The van der Waals surface area contributed by atoms with Crippen molar-refractivity contribution in [3.8, 4) is 5.75 Å². The van der Waals surface area contributed by atoms with E-state index in [4.69, 9.17) is 4.74 Å². The van der Waals surface area contributed by atoms with Crippen molar-refractivity contribution in [3.63, 3.8) is 0 Å². The number of anilines is 1. The molecule has 1 amide bonds. The molecule has 2 aromatic rings. The molecule has 0 saturated carbocycles. The van der Waals surface area contributed by atoms with Crippen LogP contribution >= 0.6 is 0 Å². The van der Waals surface area contributed by atoms with E-state index in [1.165, 1.54) is 6.08 Å². The number of hydrogen-bond acceptors (Lipinski definition) is 5. The monoisotopic (exact) mass is 396 g/mol. The van der Waals surface area contributed by atoms with Gasteiger partial charge in [0.2, 0.25) is 5.91 Å². The Balaban J connectivity index is 1.80. The topological polar surface area (TPSA) is 87.7 Å². The number of aliphatic hydroxyl groups excluding tert-OH is 1. The first-order valence-electron chi connectivity index (χ1n) is 9.51. The Morgan fingerprint density at radius 2 is 1.86 bits per heavy atom. The van der Waals surface area contributed by atoms with E-state index in [0.717, 1.165) is 16.9 Å². The van der Waals surface area contributed by atoms with Gasteiger partial charge in [-0.15, -0.1) is 0 Å². The van der Waals surface area contributed by atoms with Gasteiger partial charge in [0.1, 0.15) is 5.75 Å². The molecule has 3 N–H and O–H groups in total. The maximum absolute atomic E-state index is 12.4. The molecule has 154 valence electrons. The number of carbonyl (C=O) groups is 2.